The first-order chi connectivity index (χ1) is 8.25. The highest BCUT2D eigenvalue weighted by Gasteiger charge is 2.22. The van der Waals surface area contributed by atoms with E-state index in [1.165, 1.54) is 6.20 Å². The third-order valence-electron chi connectivity index (χ3n) is 3.02. The van der Waals surface area contributed by atoms with Crippen LogP contribution in [0, 0.1) is 5.82 Å². The molecular formula is C12H18FN3O2. The number of nitrogens with zero attached hydrogens (tertiary/aromatic N) is 2. The van der Waals surface area contributed by atoms with Gasteiger partial charge in [-0.1, -0.05) is 0 Å². The molecule has 1 aromatic heterocycles. The fourth-order valence-corrected chi connectivity index (χ4v) is 1.19. The largest absolute Gasteiger partial charge is 0.478 e. The number of carbonyl (C=O) groups is 1. The van der Waals surface area contributed by atoms with Crippen LogP contribution in [0.3, 0.4) is 0 Å². The lowest BCUT2D eigenvalue weighted by Gasteiger charge is -2.32. The molecule has 0 atom stereocenters. The normalized spacial score (nSPS) is 11.7. The predicted octanol–water partition coefficient (Wildman–Crippen LogP) is 1.67. The van der Waals surface area contributed by atoms with Gasteiger partial charge in [-0.2, -0.15) is 0 Å². The lowest BCUT2D eigenvalue weighted by Crippen LogP contribution is -2.44. The lowest BCUT2D eigenvalue weighted by molar-refractivity contribution is 0.0692. The maximum absolute atomic E-state index is 13.8. The summed E-state index contributed by atoms with van der Waals surface area (Å²) in [6.45, 7) is 4.42. The molecule has 2 N–H and O–H groups in total. The van der Waals surface area contributed by atoms with Crippen LogP contribution in [0.5, 0.6) is 0 Å². The highest BCUT2D eigenvalue weighted by molar-refractivity contribution is 5.88. The summed E-state index contributed by atoms with van der Waals surface area (Å²) in [7, 11) is 3.83. The summed E-state index contributed by atoms with van der Waals surface area (Å²) in [5, 5.41) is 11.6. The fraction of sp³-hybridized carbons (Fsp3) is 0.500. The van der Waals surface area contributed by atoms with Crippen LogP contribution in [-0.4, -0.2) is 47.1 Å². The number of halogens is 1. The van der Waals surface area contributed by atoms with Crippen molar-refractivity contribution in [3.05, 3.63) is 23.6 Å². The van der Waals surface area contributed by atoms with Gasteiger partial charge in [-0.15, -0.1) is 0 Å². The second-order valence-electron chi connectivity index (χ2n) is 4.89. The maximum atomic E-state index is 13.8. The molecule has 1 aromatic rings. The Hall–Kier alpha value is -1.69. The zero-order chi connectivity index (χ0) is 13.9. The zero-order valence-electron chi connectivity index (χ0n) is 11.0. The van der Waals surface area contributed by atoms with E-state index in [1.54, 1.807) is 0 Å². The molecule has 1 heterocycles. The van der Waals surface area contributed by atoms with Crippen LogP contribution >= 0.6 is 0 Å². The van der Waals surface area contributed by atoms with Crippen molar-refractivity contribution in [2.75, 3.05) is 26.0 Å². The number of pyridine rings is 1. The molecule has 0 amide bonds. The number of aromatic carboxylic acids is 1. The summed E-state index contributed by atoms with van der Waals surface area (Å²) in [6, 6.07) is 1.14. The summed E-state index contributed by atoms with van der Waals surface area (Å²) in [4.78, 5) is 16.6. The highest BCUT2D eigenvalue weighted by atomic mass is 19.1. The van der Waals surface area contributed by atoms with Crippen molar-refractivity contribution < 1.29 is 14.3 Å². The van der Waals surface area contributed by atoms with Crippen LogP contribution in [0.2, 0.25) is 0 Å². The molecule has 18 heavy (non-hydrogen) atoms. The van der Waals surface area contributed by atoms with Gasteiger partial charge in [0.05, 0.1) is 0 Å². The van der Waals surface area contributed by atoms with Crippen molar-refractivity contribution in [2.45, 2.75) is 19.4 Å². The fourth-order valence-electron chi connectivity index (χ4n) is 1.19. The van der Waals surface area contributed by atoms with Crippen LogP contribution < -0.4 is 5.32 Å². The van der Waals surface area contributed by atoms with Crippen molar-refractivity contribution >= 4 is 11.8 Å². The molecule has 1 rings (SSSR count). The first kappa shape index (κ1) is 14.4. The van der Waals surface area contributed by atoms with Gasteiger partial charge in [-0.05, 0) is 34.0 Å². The average Bonchev–Trinajstić information content (AvgIpc) is 2.27. The summed E-state index contributed by atoms with van der Waals surface area (Å²) in [5.41, 5.74) is -0.581. The second-order valence-corrected chi connectivity index (χ2v) is 4.89. The molecule has 0 saturated carbocycles. The van der Waals surface area contributed by atoms with E-state index >= 15 is 0 Å². The van der Waals surface area contributed by atoms with Gasteiger partial charge >= 0.3 is 5.97 Å². The molecule has 0 radical (unpaired) electrons. The molecule has 5 nitrogen and oxygen atoms in total. The Morgan fingerprint density at radius 3 is 2.67 bits per heavy atom. The van der Waals surface area contributed by atoms with Crippen molar-refractivity contribution in [3.8, 4) is 0 Å². The maximum Gasteiger partial charge on any atom is 0.338 e. The number of hydrogen-bond acceptors (Lipinski definition) is 4. The quantitative estimate of drug-likeness (QED) is 0.838. The minimum absolute atomic E-state index is 0.0372. The van der Waals surface area contributed by atoms with E-state index in [0.717, 1.165) is 6.07 Å². The molecule has 0 unspecified atom stereocenters. The van der Waals surface area contributed by atoms with Crippen LogP contribution in [0.25, 0.3) is 0 Å². The molecule has 0 saturated heterocycles. The van der Waals surface area contributed by atoms with E-state index in [1.807, 2.05) is 32.8 Å². The Morgan fingerprint density at radius 2 is 2.17 bits per heavy atom. The third-order valence-corrected chi connectivity index (χ3v) is 3.02. The molecule has 0 fully saturated rings. The van der Waals surface area contributed by atoms with Gasteiger partial charge in [0, 0.05) is 18.3 Å². The van der Waals surface area contributed by atoms with E-state index in [4.69, 9.17) is 5.11 Å². The second kappa shape index (κ2) is 5.30. The van der Waals surface area contributed by atoms with Gasteiger partial charge in [-0.3, -0.25) is 0 Å². The molecule has 0 spiro atoms. The Kier molecular flexibility index (Phi) is 4.24. The Balaban J connectivity index is 2.87. The van der Waals surface area contributed by atoms with E-state index in [0.29, 0.717) is 6.54 Å². The van der Waals surface area contributed by atoms with Crippen molar-refractivity contribution in [1.29, 1.82) is 0 Å². The van der Waals surface area contributed by atoms with Gasteiger partial charge < -0.3 is 15.3 Å². The van der Waals surface area contributed by atoms with Gasteiger partial charge in [0.15, 0.2) is 11.6 Å². The topological polar surface area (TPSA) is 65.5 Å². The van der Waals surface area contributed by atoms with Crippen LogP contribution in [0.15, 0.2) is 12.3 Å². The SMILES string of the molecule is CN(C)C(C)(C)CNc1nccc(C(=O)O)c1F. The van der Waals surface area contributed by atoms with E-state index in [9.17, 15) is 9.18 Å². The van der Waals surface area contributed by atoms with Crippen LogP contribution in [0.1, 0.15) is 24.2 Å². The van der Waals surface area contributed by atoms with E-state index in [2.05, 4.69) is 10.3 Å². The average molecular weight is 255 g/mol. The van der Waals surface area contributed by atoms with Crippen LogP contribution in [0.4, 0.5) is 10.2 Å². The van der Waals surface area contributed by atoms with Gasteiger partial charge in [-0.25, -0.2) is 14.2 Å². The van der Waals surface area contributed by atoms with Gasteiger partial charge in [0.25, 0.3) is 0 Å². The van der Waals surface area contributed by atoms with Crippen molar-refractivity contribution in [1.82, 2.24) is 9.88 Å². The van der Waals surface area contributed by atoms with Crippen molar-refractivity contribution in [3.63, 3.8) is 0 Å². The Morgan fingerprint density at radius 1 is 1.56 bits per heavy atom. The van der Waals surface area contributed by atoms with Crippen LogP contribution in [-0.2, 0) is 0 Å². The Bertz CT molecular complexity index is 447. The number of rotatable bonds is 5. The minimum atomic E-state index is -1.30. The number of carboxylic acids is 1. The zero-order valence-corrected chi connectivity index (χ0v) is 11.0. The summed E-state index contributed by atoms with van der Waals surface area (Å²) in [5.74, 6) is -2.17. The molecule has 100 valence electrons. The standard InChI is InChI=1S/C12H18FN3O2/c1-12(2,16(3)4)7-15-10-9(13)8(11(17)18)5-6-14-10/h5-6H,7H2,1-4H3,(H,14,15)(H,17,18). The van der Waals surface area contributed by atoms with Gasteiger partial charge in [0.2, 0.25) is 0 Å². The number of nitrogens with one attached hydrogen (secondary N) is 1. The molecule has 0 bridgehead atoms. The molecule has 6 heteroatoms. The summed E-state index contributed by atoms with van der Waals surface area (Å²) >= 11 is 0. The number of likely N-dealkylation sites (N-methyl/N-ethyl adjacent to an activating group) is 1. The monoisotopic (exact) mass is 255 g/mol. The molecule has 0 aliphatic heterocycles. The number of aromatic nitrogens is 1. The Labute approximate surface area is 106 Å². The molecule has 0 aliphatic carbocycles. The number of hydrogen-bond donors (Lipinski definition) is 2. The van der Waals surface area contributed by atoms with Gasteiger partial charge in [0.1, 0.15) is 5.56 Å². The summed E-state index contributed by atoms with van der Waals surface area (Å²) in [6.07, 6.45) is 1.28. The van der Waals surface area contributed by atoms with Crippen molar-refractivity contribution in [2.24, 2.45) is 0 Å². The first-order valence-corrected chi connectivity index (χ1v) is 5.55. The minimum Gasteiger partial charge on any atom is -0.478 e. The molecular weight excluding hydrogens is 237 g/mol. The summed E-state index contributed by atoms with van der Waals surface area (Å²) < 4.78 is 13.8. The highest BCUT2D eigenvalue weighted by Crippen LogP contribution is 2.17. The lowest BCUT2D eigenvalue weighted by atomic mass is 10.0. The first-order valence-electron chi connectivity index (χ1n) is 5.55. The predicted molar refractivity (Wildman–Crippen MR) is 67.4 cm³/mol. The number of carboxylic acid groups (broad SMARTS) is 1. The van der Waals surface area contributed by atoms with E-state index < -0.39 is 11.8 Å². The third kappa shape index (κ3) is 3.16. The number of anilines is 1. The smallest absolute Gasteiger partial charge is 0.338 e. The molecule has 0 aromatic carbocycles. The molecule has 0 aliphatic rings. The van der Waals surface area contributed by atoms with E-state index in [-0.39, 0.29) is 16.9 Å².